The van der Waals surface area contributed by atoms with Crippen molar-refractivity contribution in [3.63, 3.8) is 0 Å². The Morgan fingerprint density at radius 1 is 1.20 bits per heavy atom. The summed E-state index contributed by atoms with van der Waals surface area (Å²) >= 11 is 0. The molecular formula is C21H21N3O6. The normalized spacial score (nSPS) is 21.1. The molecule has 0 spiro atoms. The number of benzene rings is 2. The Kier molecular flexibility index (Phi) is 5.49. The molecule has 1 aliphatic heterocycles. The van der Waals surface area contributed by atoms with Crippen LogP contribution in [0, 0.1) is 0 Å². The average molecular weight is 411 g/mol. The molecule has 0 aliphatic carbocycles. The third-order valence-electron chi connectivity index (χ3n) is 5.25. The summed E-state index contributed by atoms with van der Waals surface area (Å²) in [6.45, 7) is -0.270. The maximum atomic E-state index is 12.4. The fourth-order valence-corrected chi connectivity index (χ4v) is 3.66. The molecule has 30 heavy (non-hydrogen) atoms. The number of H-pyrrole nitrogens is 1. The van der Waals surface area contributed by atoms with Gasteiger partial charge >= 0.3 is 5.69 Å². The first-order valence-corrected chi connectivity index (χ1v) is 9.49. The van der Waals surface area contributed by atoms with Gasteiger partial charge in [0.1, 0.15) is 18.0 Å². The Balaban J connectivity index is 1.66. The van der Waals surface area contributed by atoms with Gasteiger partial charge in [0.25, 0.3) is 5.56 Å². The quantitative estimate of drug-likeness (QED) is 0.507. The predicted molar refractivity (Wildman–Crippen MR) is 109 cm³/mol. The van der Waals surface area contributed by atoms with Crippen LogP contribution in [0.3, 0.4) is 0 Å². The number of aliphatic hydroxyl groups excluding tert-OH is 2. The van der Waals surface area contributed by atoms with Crippen LogP contribution >= 0.6 is 0 Å². The van der Waals surface area contributed by atoms with Crippen LogP contribution in [0.15, 0.2) is 58.3 Å². The largest absolute Gasteiger partial charge is 0.394 e. The van der Waals surface area contributed by atoms with Crippen LogP contribution in [-0.4, -0.2) is 45.0 Å². The predicted octanol–water partition coefficient (Wildman–Crippen LogP) is 0.493. The van der Waals surface area contributed by atoms with Gasteiger partial charge in [0.05, 0.1) is 19.3 Å². The number of carbonyl (C=O) groups excluding carboxylic acids is 1. The molecule has 1 aliphatic rings. The van der Waals surface area contributed by atoms with Crippen molar-refractivity contribution in [3.05, 3.63) is 75.1 Å². The van der Waals surface area contributed by atoms with Gasteiger partial charge in [-0.1, -0.05) is 36.4 Å². The smallest absolute Gasteiger partial charge is 0.330 e. The van der Waals surface area contributed by atoms with E-state index in [2.05, 4.69) is 4.98 Å². The monoisotopic (exact) mass is 411 g/mol. The number of nitrogens with zero attached hydrogens (tertiary/aromatic N) is 2. The van der Waals surface area contributed by atoms with Crippen LogP contribution in [0.2, 0.25) is 0 Å². The Hall–Kier alpha value is -3.27. The number of fused-ring (bicyclic) bond motifs is 1. The van der Waals surface area contributed by atoms with E-state index in [4.69, 9.17) is 4.74 Å². The number of ether oxygens (including phenoxy) is 1. The van der Waals surface area contributed by atoms with Gasteiger partial charge in [-0.3, -0.25) is 19.1 Å². The van der Waals surface area contributed by atoms with Crippen LogP contribution in [-0.2, 0) is 16.1 Å². The van der Waals surface area contributed by atoms with E-state index in [1.807, 2.05) is 42.5 Å². The Labute approximate surface area is 170 Å². The fourth-order valence-electron chi connectivity index (χ4n) is 3.66. The van der Waals surface area contributed by atoms with E-state index < -0.39 is 36.3 Å². The standard InChI is InChI=1S/C21H21N3O6/c25-11-18-17(27)8-19(30-18)24-10-16(20(28)22-21(24)29)23(12-26)9-13-5-6-14-3-1-2-4-15(14)7-13/h1-7,10,12,17-19,25,27H,8-9,11H2,(H,22,28,29)/t17-,18+,19+/m0/s1. The lowest BCUT2D eigenvalue weighted by molar-refractivity contribution is -0.107. The summed E-state index contributed by atoms with van der Waals surface area (Å²) in [6.07, 6.45) is -0.792. The van der Waals surface area contributed by atoms with Crippen LogP contribution in [0.25, 0.3) is 10.8 Å². The van der Waals surface area contributed by atoms with Crippen LogP contribution in [0.4, 0.5) is 5.69 Å². The summed E-state index contributed by atoms with van der Waals surface area (Å²) in [6, 6.07) is 13.5. The number of aromatic amines is 1. The van der Waals surface area contributed by atoms with Gasteiger partial charge in [0.15, 0.2) is 0 Å². The van der Waals surface area contributed by atoms with E-state index in [1.165, 1.54) is 11.1 Å². The van der Waals surface area contributed by atoms with Gasteiger partial charge in [-0.25, -0.2) is 4.79 Å². The minimum atomic E-state index is -0.943. The molecule has 1 aromatic heterocycles. The average Bonchev–Trinajstić information content (AvgIpc) is 3.12. The van der Waals surface area contributed by atoms with Gasteiger partial charge in [0.2, 0.25) is 6.41 Å². The number of rotatable bonds is 6. The summed E-state index contributed by atoms with van der Waals surface area (Å²) in [4.78, 5) is 39.8. The summed E-state index contributed by atoms with van der Waals surface area (Å²) in [5.74, 6) is 0. The van der Waals surface area contributed by atoms with E-state index in [-0.39, 0.29) is 18.7 Å². The van der Waals surface area contributed by atoms with Crippen molar-refractivity contribution in [2.45, 2.75) is 31.4 Å². The molecular weight excluding hydrogens is 390 g/mol. The highest BCUT2D eigenvalue weighted by Crippen LogP contribution is 2.28. The highest BCUT2D eigenvalue weighted by molar-refractivity contribution is 5.83. The number of hydrogen-bond acceptors (Lipinski definition) is 6. The van der Waals surface area contributed by atoms with E-state index in [0.717, 1.165) is 20.9 Å². The van der Waals surface area contributed by atoms with Crippen LogP contribution in [0.1, 0.15) is 18.2 Å². The molecule has 0 unspecified atom stereocenters. The molecule has 4 rings (SSSR count). The molecule has 2 heterocycles. The first kappa shape index (κ1) is 20.0. The second-order valence-electron chi connectivity index (χ2n) is 7.21. The van der Waals surface area contributed by atoms with Gasteiger partial charge in [-0.15, -0.1) is 0 Å². The lowest BCUT2D eigenvalue weighted by Crippen LogP contribution is -2.37. The topological polar surface area (TPSA) is 125 Å². The van der Waals surface area contributed by atoms with Crippen molar-refractivity contribution in [3.8, 4) is 0 Å². The number of aliphatic hydroxyl groups is 2. The SMILES string of the molecule is O=CN(Cc1ccc2ccccc2c1)c1cn([C@H]2C[C@H](O)[C@@H](CO)O2)c(=O)[nH]c1=O. The summed E-state index contributed by atoms with van der Waals surface area (Å²) < 4.78 is 6.62. The van der Waals surface area contributed by atoms with E-state index in [0.29, 0.717) is 6.41 Å². The lowest BCUT2D eigenvalue weighted by atomic mass is 10.1. The second-order valence-corrected chi connectivity index (χ2v) is 7.21. The van der Waals surface area contributed by atoms with Gasteiger partial charge in [-0.2, -0.15) is 0 Å². The first-order chi connectivity index (χ1) is 14.5. The molecule has 0 radical (unpaired) electrons. The Bertz CT molecular complexity index is 1190. The third-order valence-corrected chi connectivity index (χ3v) is 5.25. The summed E-state index contributed by atoms with van der Waals surface area (Å²) in [7, 11) is 0. The zero-order valence-electron chi connectivity index (χ0n) is 16.0. The molecule has 0 bridgehead atoms. The summed E-state index contributed by atoms with van der Waals surface area (Å²) in [5.41, 5.74) is -0.647. The molecule has 3 aromatic rings. The zero-order chi connectivity index (χ0) is 21.3. The van der Waals surface area contributed by atoms with E-state index in [9.17, 15) is 24.6 Å². The van der Waals surface area contributed by atoms with Crippen molar-refractivity contribution >= 4 is 22.9 Å². The molecule has 1 saturated heterocycles. The molecule has 0 saturated carbocycles. The third kappa shape index (κ3) is 3.78. The van der Waals surface area contributed by atoms with Crippen molar-refractivity contribution in [2.75, 3.05) is 11.5 Å². The minimum absolute atomic E-state index is 0.0247. The number of nitrogens with one attached hydrogen (secondary N) is 1. The van der Waals surface area contributed by atoms with Gasteiger partial charge in [0, 0.05) is 12.6 Å². The molecule has 3 N–H and O–H groups in total. The number of amides is 1. The van der Waals surface area contributed by atoms with E-state index >= 15 is 0 Å². The van der Waals surface area contributed by atoms with Crippen molar-refractivity contribution in [1.29, 1.82) is 0 Å². The van der Waals surface area contributed by atoms with Gasteiger partial charge < -0.3 is 19.8 Å². The minimum Gasteiger partial charge on any atom is -0.394 e. The van der Waals surface area contributed by atoms with Crippen molar-refractivity contribution in [2.24, 2.45) is 0 Å². The fraction of sp³-hybridized carbons (Fsp3) is 0.286. The zero-order valence-corrected chi connectivity index (χ0v) is 16.0. The molecule has 9 heteroatoms. The van der Waals surface area contributed by atoms with Crippen LogP contribution < -0.4 is 16.1 Å². The number of carbonyl (C=O) groups is 1. The van der Waals surface area contributed by atoms with Crippen molar-refractivity contribution in [1.82, 2.24) is 9.55 Å². The Morgan fingerprint density at radius 2 is 1.97 bits per heavy atom. The van der Waals surface area contributed by atoms with Crippen LogP contribution in [0.5, 0.6) is 0 Å². The van der Waals surface area contributed by atoms with E-state index in [1.54, 1.807) is 0 Å². The lowest BCUT2D eigenvalue weighted by Gasteiger charge is -2.20. The second kappa shape index (κ2) is 8.23. The molecule has 156 valence electrons. The number of hydrogen-bond donors (Lipinski definition) is 3. The highest BCUT2D eigenvalue weighted by atomic mass is 16.5. The maximum Gasteiger partial charge on any atom is 0.330 e. The van der Waals surface area contributed by atoms with Gasteiger partial charge in [-0.05, 0) is 22.4 Å². The molecule has 1 fully saturated rings. The maximum absolute atomic E-state index is 12.4. The summed E-state index contributed by atoms with van der Waals surface area (Å²) in [5, 5.41) is 21.2. The molecule has 9 nitrogen and oxygen atoms in total. The van der Waals surface area contributed by atoms with Crippen molar-refractivity contribution < 1.29 is 19.7 Å². The highest BCUT2D eigenvalue weighted by Gasteiger charge is 2.35. The molecule has 1 amide bonds. The Morgan fingerprint density at radius 3 is 2.67 bits per heavy atom. The number of anilines is 1. The number of aromatic nitrogens is 2. The first-order valence-electron chi connectivity index (χ1n) is 9.49. The molecule has 3 atom stereocenters. The molecule has 2 aromatic carbocycles.